The fraction of sp³-hybridized carbons (Fsp3) is 0.0870. The maximum Gasteiger partial charge on any atom is 0.266 e. The Morgan fingerprint density at radius 3 is 2.64 bits per heavy atom. The smallest absolute Gasteiger partial charge is 0.266 e. The van der Waals surface area contributed by atoms with Crippen molar-refractivity contribution < 1.29 is 22.7 Å². The minimum absolute atomic E-state index is 0.216. The first-order valence-electron chi connectivity index (χ1n) is 9.61. The number of methoxy groups -OCH3 is 1. The molecule has 0 saturated heterocycles. The molecule has 0 spiro atoms. The van der Waals surface area contributed by atoms with Crippen LogP contribution in [0, 0.1) is 17.5 Å². The number of benzene rings is 3. The Bertz CT molecular complexity index is 1430. The highest BCUT2D eigenvalue weighted by Crippen LogP contribution is 2.25. The normalized spacial score (nSPS) is 10.9. The van der Waals surface area contributed by atoms with Crippen LogP contribution in [0.5, 0.6) is 5.75 Å². The summed E-state index contributed by atoms with van der Waals surface area (Å²) in [6.07, 6.45) is 0. The van der Waals surface area contributed by atoms with E-state index in [0.29, 0.717) is 28.4 Å². The number of anilines is 1. The van der Waals surface area contributed by atoms with E-state index in [4.69, 9.17) is 4.74 Å². The molecule has 0 aliphatic carbocycles. The Kier molecular flexibility index (Phi) is 6.36. The number of carbonyl (C=O) groups is 1. The third-order valence-electron chi connectivity index (χ3n) is 4.70. The highest BCUT2D eigenvalue weighted by Gasteiger charge is 2.18. The van der Waals surface area contributed by atoms with Gasteiger partial charge < -0.3 is 10.1 Å². The minimum atomic E-state index is -1.68. The number of halogens is 3. The van der Waals surface area contributed by atoms with Crippen LogP contribution in [0.2, 0.25) is 0 Å². The van der Waals surface area contributed by atoms with E-state index in [1.54, 1.807) is 48.5 Å². The summed E-state index contributed by atoms with van der Waals surface area (Å²) in [6, 6.07) is 15.2. The van der Waals surface area contributed by atoms with Crippen LogP contribution in [0.25, 0.3) is 16.6 Å². The second kappa shape index (κ2) is 9.37. The summed E-state index contributed by atoms with van der Waals surface area (Å²) in [6.45, 7) is 0. The predicted molar refractivity (Wildman–Crippen MR) is 120 cm³/mol. The molecule has 0 saturated carbocycles. The van der Waals surface area contributed by atoms with E-state index in [1.807, 2.05) is 0 Å². The van der Waals surface area contributed by atoms with Gasteiger partial charge in [0.25, 0.3) is 5.56 Å². The average Bonchev–Trinajstić information content (AvgIpc) is 2.83. The van der Waals surface area contributed by atoms with Crippen LogP contribution in [-0.2, 0) is 4.79 Å². The molecule has 1 heterocycles. The molecule has 0 aliphatic rings. The fourth-order valence-corrected chi connectivity index (χ4v) is 3.94. The largest absolute Gasteiger partial charge is 0.497 e. The van der Waals surface area contributed by atoms with Gasteiger partial charge in [-0.2, -0.15) is 0 Å². The summed E-state index contributed by atoms with van der Waals surface area (Å²) < 4.78 is 47.0. The van der Waals surface area contributed by atoms with Crippen LogP contribution >= 0.6 is 11.8 Å². The second-order valence-electron chi connectivity index (χ2n) is 6.81. The molecule has 6 nitrogen and oxygen atoms in total. The predicted octanol–water partition coefficient (Wildman–Crippen LogP) is 4.54. The lowest BCUT2D eigenvalue weighted by molar-refractivity contribution is -0.113. The molecule has 4 aromatic rings. The number of ether oxygens (including phenoxy) is 1. The van der Waals surface area contributed by atoms with E-state index in [9.17, 15) is 22.8 Å². The highest BCUT2D eigenvalue weighted by atomic mass is 32.2. The lowest BCUT2D eigenvalue weighted by Gasteiger charge is -2.14. The number of rotatable bonds is 6. The van der Waals surface area contributed by atoms with Crippen LogP contribution in [-0.4, -0.2) is 28.3 Å². The van der Waals surface area contributed by atoms with Crippen LogP contribution < -0.4 is 15.6 Å². The van der Waals surface area contributed by atoms with Gasteiger partial charge in [-0.3, -0.25) is 14.2 Å². The number of nitrogens with one attached hydrogen (secondary N) is 1. The number of thioether (sulfide) groups is 1. The van der Waals surface area contributed by atoms with E-state index >= 15 is 0 Å². The van der Waals surface area contributed by atoms with E-state index < -0.39 is 29.0 Å². The first-order valence-corrected chi connectivity index (χ1v) is 10.6. The van der Waals surface area contributed by atoms with Crippen LogP contribution in [0.15, 0.2) is 70.6 Å². The zero-order valence-corrected chi connectivity index (χ0v) is 18.0. The van der Waals surface area contributed by atoms with E-state index in [-0.39, 0.29) is 16.5 Å². The van der Waals surface area contributed by atoms with Crippen molar-refractivity contribution in [3.05, 3.63) is 88.5 Å². The quantitative estimate of drug-likeness (QED) is 0.254. The fourth-order valence-electron chi connectivity index (χ4n) is 3.13. The standard InChI is InChI=1S/C23H16F3N3O3S/c1-32-14-6-4-5-13(11-14)29-22(31)15-7-2-3-8-17(15)28-23(29)33-12-19(30)27-18-10-9-16(24)20(25)21(18)26/h2-11H,12H2,1H3,(H,27,30). The first kappa shape index (κ1) is 22.4. The van der Waals surface area contributed by atoms with Gasteiger partial charge in [0.05, 0.1) is 35.1 Å². The summed E-state index contributed by atoms with van der Waals surface area (Å²) in [5.41, 5.74) is 0.0860. The Balaban J connectivity index is 1.67. The molecule has 33 heavy (non-hydrogen) atoms. The van der Waals surface area contributed by atoms with Gasteiger partial charge in [-0.05, 0) is 36.4 Å². The summed E-state index contributed by atoms with van der Waals surface area (Å²) in [7, 11) is 1.50. The van der Waals surface area contributed by atoms with Gasteiger partial charge in [0.2, 0.25) is 5.91 Å². The van der Waals surface area contributed by atoms with Gasteiger partial charge in [-0.15, -0.1) is 0 Å². The lowest BCUT2D eigenvalue weighted by Crippen LogP contribution is -2.23. The van der Waals surface area contributed by atoms with Gasteiger partial charge in [-0.1, -0.05) is 30.0 Å². The summed E-state index contributed by atoms with van der Waals surface area (Å²) >= 11 is 0.934. The molecule has 0 bridgehead atoms. The van der Waals surface area contributed by atoms with Crippen molar-refractivity contribution in [3.63, 3.8) is 0 Å². The molecule has 3 aromatic carbocycles. The molecule has 10 heteroatoms. The summed E-state index contributed by atoms with van der Waals surface area (Å²) in [4.78, 5) is 30.1. The molecular weight excluding hydrogens is 455 g/mol. The molecular formula is C23H16F3N3O3S. The van der Waals surface area contributed by atoms with Crippen molar-refractivity contribution in [3.8, 4) is 11.4 Å². The molecule has 0 fully saturated rings. The number of para-hydroxylation sites is 1. The molecule has 1 aromatic heterocycles. The van der Waals surface area contributed by atoms with Crippen molar-refractivity contribution in [2.75, 3.05) is 18.2 Å². The molecule has 1 N–H and O–H groups in total. The second-order valence-corrected chi connectivity index (χ2v) is 7.76. The number of fused-ring (bicyclic) bond motifs is 1. The van der Waals surface area contributed by atoms with Gasteiger partial charge in [0.1, 0.15) is 5.75 Å². The first-order chi connectivity index (χ1) is 15.9. The van der Waals surface area contributed by atoms with Crippen molar-refractivity contribution in [1.29, 1.82) is 0 Å². The lowest BCUT2D eigenvalue weighted by atomic mass is 10.2. The van der Waals surface area contributed by atoms with Gasteiger partial charge in [-0.25, -0.2) is 18.2 Å². The van der Waals surface area contributed by atoms with Crippen LogP contribution in [0.4, 0.5) is 18.9 Å². The number of hydrogen-bond donors (Lipinski definition) is 1. The van der Waals surface area contributed by atoms with Crippen molar-refractivity contribution in [1.82, 2.24) is 9.55 Å². The summed E-state index contributed by atoms with van der Waals surface area (Å²) in [5.74, 6) is -4.97. The van der Waals surface area contributed by atoms with E-state index in [2.05, 4.69) is 10.3 Å². The number of carbonyl (C=O) groups excluding carboxylic acids is 1. The Labute approximate surface area is 190 Å². The third kappa shape index (κ3) is 4.56. The van der Waals surface area contributed by atoms with Crippen molar-refractivity contribution in [2.24, 2.45) is 0 Å². The van der Waals surface area contributed by atoms with Gasteiger partial charge in [0, 0.05) is 6.07 Å². The molecule has 168 valence electrons. The number of nitrogens with zero attached hydrogens (tertiary/aromatic N) is 2. The third-order valence-corrected chi connectivity index (χ3v) is 5.64. The topological polar surface area (TPSA) is 73.2 Å². The maximum absolute atomic E-state index is 13.9. The highest BCUT2D eigenvalue weighted by molar-refractivity contribution is 7.99. The molecule has 0 radical (unpaired) electrons. The Hall–Kier alpha value is -3.79. The maximum atomic E-state index is 13.9. The number of aromatic nitrogens is 2. The molecule has 4 rings (SSSR count). The van der Waals surface area contributed by atoms with Crippen molar-refractivity contribution in [2.45, 2.75) is 5.16 Å². The van der Waals surface area contributed by atoms with Crippen LogP contribution in [0.1, 0.15) is 0 Å². The Morgan fingerprint density at radius 1 is 1.06 bits per heavy atom. The number of amides is 1. The minimum Gasteiger partial charge on any atom is -0.497 e. The molecule has 0 atom stereocenters. The zero-order chi connectivity index (χ0) is 23.5. The molecule has 0 unspecified atom stereocenters. The Morgan fingerprint density at radius 2 is 1.85 bits per heavy atom. The average molecular weight is 471 g/mol. The number of hydrogen-bond acceptors (Lipinski definition) is 5. The van der Waals surface area contributed by atoms with Gasteiger partial charge in [0.15, 0.2) is 22.6 Å². The van der Waals surface area contributed by atoms with Crippen LogP contribution in [0.3, 0.4) is 0 Å². The summed E-state index contributed by atoms with van der Waals surface area (Å²) in [5, 5.41) is 2.80. The van der Waals surface area contributed by atoms with E-state index in [1.165, 1.54) is 11.7 Å². The molecule has 0 aliphatic heterocycles. The van der Waals surface area contributed by atoms with E-state index in [0.717, 1.165) is 17.8 Å². The zero-order valence-electron chi connectivity index (χ0n) is 17.1. The SMILES string of the molecule is COc1cccc(-n2c(SCC(=O)Nc3ccc(F)c(F)c3F)nc3ccccc3c2=O)c1. The van der Waals surface area contributed by atoms with Crippen molar-refractivity contribution >= 4 is 34.3 Å². The van der Waals surface area contributed by atoms with Gasteiger partial charge >= 0.3 is 0 Å². The molecule has 1 amide bonds. The monoisotopic (exact) mass is 471 g/mol.